The van der Waals surface area contributed by atoms with E-state index in [0.717, 1.165) is 56.0 Å². The summed E-state index contributed by atoms with van der Waals surface area (Å²) in [5, 5.41) is 0. The van der Waals surface area contributed by atoms with Crippen LogP contribution < -0.4 is 4.74 Å². The van der Waals surface area contributed by atoms with Gasteiger partial charge in [-0.05, 0) is 49.8 Å². The van der Waals surface area contributed by atoms with Crippen molar-refractivity contribution in [3.8, 4) is 5.75 Å². The van der Waals surface area contributed by atoms with Gasteiger partial charge in [0.2, 0.25) is 0 Å². The zero-order chi connectivity index (χ0) is 19.5. The van der Waals surface area contributed by atoms with E-state index in [4.69, 9.17) is 9.47 Å². The van der Waals surface area contributed by atoms with Crippen LogP contribution in [0.2, 0.25) is 0 Å². The Bertz CT molecular complexity index is 714. The highest BCUT2D eigenvalue weighted by atomic mass is 16.5. The molecule has 2 aromatic rings. The second kappa shape index (κ2) is 11.4. The smallest absolute Gasteiger partial charge is 0.124 e. The fourth-order valence-corrected chi connectivity index (χ4v) is 2.81. The first-order chi connectivity index (χ1) is 13.1. The van der Waals surface area contributed by atoms with Gasteiger partial charge in [0.25, 0.3) is 0 Å². The van der Waals surface area contributed by atoms with Gasteiger partial charge in [-0.3, -0.25) is 0 Å². The van der Waals surface area contributed by atoms with Crippen molar-refractivity contribution in [1.82, 2.24) is 4.90 Å². The Kier molecular flexibility index (Phi) is 8.85. The average Bonchev–Trinajstić information content (AvgIpc) is 2.70. The van der Waals surface area contributed by atoms with Crippen LogP contribution in [0.4, 0.5) is 5.69 Å². The molecule has 0 aromatic heterocycles. The van der Waals surface area contributed by atoms with Gasteiger partial charge in [-0.15, -0.1) is 0 Å². The van der Waals surface area contributed by atoms with Crippen LogP contribution in [0.3, 0.4) is 0 Å². The predicted octanol–water partition coefficient (Wildman–Crippen LogP) is 4.81. The zero-order valence-electron chi connectivity index (χ0n) is 17.1. The second-order valence-electron chi connectivity index (χ2n) is 6.72. The average molecular weight is 369 g/mol. The van der Waals surface area contributed by atoms with Crippen LogP contribution in [0.5, 0.6) is 5.75 Å². The number of hydrogen-bond acceptors (Lipinski definition) is 3. The van der Waals surface area contributed by atoms with Crippen molar-refractivity contribution in [2.75, 3.05) is 33.9 Å². The van der Waals surface area contributed by atoms with Gasteiger partial charge < -0.3 is 14.4 Å². The maximum Gasteiger partial charge on any atom is 0.124 e. The number of benzene rings is 2. The molecule has 0 aliphatic rings. The Labute approximate surface area is 163 Å². The van der Waals surface area contributed by atoms with Crippen molar-refractivity contribution in [2.45, 2.75) is 33.1 Å². The third-order valence-electron chi connectivity index (χ3n) is 4.60. The Morgan fingerprint density at radius 1 is 1.07 bits per heavy atom. The molecule has 4 heteroatoms. The van der Waals surface area contributed by atoms with Crippen LogP contribution >= 0.6 is 0 Å². The molecule has 0 saturated carbocycles. The first kappa shape index (κ1) is 21.0. The molecule has 0 radical (unpaired) electrons. The Hall–Kier alpha value is -2.33. The Balaban J connectivity index is 1.83. The third kappa shape index (κ3) is 7.06. The van der Waals surface area contributed by atoms with Crippen molar-refractivity contribution in [2.24, 2.45) is 4.99 Å². The fourth-order valence-electron chi connectivity index (χ4n) is 2.81. The summed E-state index contributed by atoms with van der Waals surface area (Å²) in [6.07, 6.45) is 4.74. The lowest BCUT2D eigenvalue weighted by atomic mass is 10.0. The molecule has 0 amide bonds. The molecule has 0 spiro atoms. The maximum absolute atomic E-state index is 5.79. The molecule has 27 heavy (non-hydrogen) atoms. The van der Waals surface area contributed by atoms with Gasteiger partial charge in [-0.1, -0.05) is 36.4 Å². The molecule has 0 unspecified atom stereocenters. The molecule has 0 atom stereocenters. The molecule has 0 bridgehead atoms. The van der Waals surface area contributed by atoms with Crippen LogP contribution in [0.15, 0.2) is 47.5 Å². The van der Waals surface area contributed by atoms with Gasteiger partial charge in [-0.25, -0.2) is 4.99 Å². The number of ether oxygens (including phenoxy) is 2. The van der Waals surface area contributed by atoms with Crippen LogP contribution in [0, 0.1) is 6.92 Å². The fraction of sp³-hybridized carbons (Fsp3) is 0.435. The highest BCUT2D eigenvalue weighted by Gasteiger charge is 2.08. The number of methoxy groups -OCH3 is 1. The summed E-state index contributed by atoms with van der Waals surface area (Å²) in [5.74, 6) is 0.899. The SMILES string of the molecule is CCN(C)C=Nc1cc(OC)c(CCCOCCc2ccccc2)cc1C. The minimum Gasteiger partial charge on any atom is -0.496 e. The van der Waals surface area contributed by atoms with E-state index in [1.807, 2.05) is 30.4 Å². The molecule has 0 saturated heterocycles. The number of hydrogen-bond donors (Lipinski definition) is 0. The van der Waals surface area contributed by atoms with Crippen molar-refractivity contribution in [1.29, 1.82) is 0 Å². The van der Waals surface area contributed by atoms with E-state index in [0.29, 0.717) is 0 Å². The summed E-state index contributed by atoms with van der Waals surface area (Å²) in [4.78, 5) is 6.62. The second-order valence-corrected chi connectivity index (χ2v) is 6.72. The van der Waals surface area contributed by atoms with Crippen molar-refractivity contribution < 1.29 is 9.47 Å². The van der Waals surface area contributed by atoms with Crippen LogP contribution in [0.1, 0.15) is 30.0 Å². The molecular formula is C23H32N2O2. The van der Waals surface area contributed by atoms with E-state index in [9.17, 15) is 0 Å². The molecular weight excluding hydrogens is 336 g/mol. The topological polar surface area (TPSA) is 34.1 Å². The molecule has 0 aliphatic heterocycles. The molecule has 146 valence electrons. The molecule has 0 fully saturated rings. The quantitative estimate of drug-likeness (QED) is 0.324. The largest absolute Gasteiger partial charge is 0.496 e. The molecule has 0 aliphatic carbocycles. The monoisotopic (exact) mass is 368 g/mol. The van der Waals surface area contributed by atoms with Crippen LogP contribution in [0.25, 0.3) is 0 Å². The van der Waals surface area contributed by atoms with E-state index in [-0.39, 0.29) is 0 Å². The molecule has 2 aromatic carbocycles. The minimum atomic E-state index is 0.760. The predicted molar refractivity (Wildman–Crippen MR) is 113 cm³/mol. The lowest BCUT2D eigenvalue weighted by Crippen LogP contribution is -2.14. The van der Waals surface area contributed by atoms with E-state index in [1.165, 1.54) is 11.1 Å². The van der Waals surface area contributed by atoms with E-state index < -0.39 is 0 Å². The first-order valence-electron chi connectivity index (χ1n) is 9.67. The summed E-state index contributed by atoms with van der Waals surface area (Å²) in [5.41, 5.74) is 4.65. The molecule has 0 heterocycles. The Morgan fingerprint density at radius 2 is 1.85 bits per heavy atom. The van der Waals surface area contributed by atoms with Crippen molar-refractivity contribution in [3.63, 3.8) is 0 Å². The summed E-state index contributed by atoms with van der Waals surface area (Å²) in [7, 11) is 3.73. The number of nitrogens with zero attached hydrogens (tertiary/aromatic N) is 2. The van der Waals surface area contributed by atoms with Gasteiger partial charge >= 0.3 is 0 Å². The highest BCUT2D eigenvalue weighted by Crippen LogP contribution is 2.29. The van der Waals surface area contributed by atoms with Gasteiger partial charge in [0.05, 0.1) is 25.7 Å². The van der Waals surface area contributed by atoms with Gasteiger partial charge in [0, 0.05) is 26.3 Å². The number of rotatable bonds is 11. The number of aliphatic imine (C=N–C) groups is 1. The van der Waals surface area contributed by atoms with Crippen molar-refractivity contribution >= 4 is 12.0 Å². The minimum absolute atomic E-state index is 0.760. The van der Waals surface area contributed by atoms with Gasteiger partial charge in [0.1, 0.15) is 5.75 Å². The summed E-state index contributed by atoms with van der Waals surface area (Å²) >= 11 is 0. The van der Waals surface area contributed by atoms with E-state index in [2.05, 4.69) is 49.2 Å². The standard InChI is InChI=1S/C23H32N2O2/c1-5-25(3)18-24-22-17-23(26-4)21(16-19(22)2)12-9-14-27-15-13-20-10-7-6-8-11-20/h6-8,10-11,16-18H,5,9,12-15H2,1-4H3. The van der Waals surface area contributed by atoms with Crippen LogP contribution in [-0.2, 0) is 17.6 Å². The number of aryl methyl sites for hydroxylation is 2. The summed E-state index contributed by atoms with van der Waals surface area (Å²) in [6.45, 7) is 6.65. The highest BCUT2D eigenvalue weighted by molar-refractivity contribution is 5.64. The third-order valence-corrected chi connectivity index (χ3v) is 4.60. The van der Waals surface area contributed by atoms with Gasteiger partial charge in [0.15, 0.2) is 0 Å². The van der Waals surface area contributed by atoms with Crippen molar-refractivity contribution in [3.05, 3.63) is 59.2 Å². The lowest BCUT2D eigenvalue weighted by Gasteiger charge is -2.13. The summed E-state index contributed by atoms with van der Waals surface area (Å²) in [6, 6.07) is 14.7. The molecule has 0 N–H and O–H groups in total. The summed E-state index contributed by atoms with van der Waals surface area (Å²) < 4.78 is 11.4. The normalized spacial score (nSPS) is 11.1. The Morgan fingerprint density at radius 3 is 2.56 bits per heavy atom. The lowest BCUT2D eigenvalue weighted by molar-refractivity contribution is 0.135. The van der Waals surface area contributed by atoms with E-state index >= 15 is 0 Å². The molecule has 4 nitrogen and oxygen atoms in total. The van der Waals surface area contributed by atoms with Gasteiger partial charge in [-0.2, -0.15) is 0 Å². The maximum atomic E-state index is 5.79. The zero-order valence-corrected chi connectivity index (χ0v) is 17.1. The first-order valence-corrected chi connectivity index (χ1v) is 9.67. The molecule has 2 rings (SSSR count). The van der Waals surface area contributed by atoms with Crippen LogP contribution in [-0.4, -0.2) is 45.2 Å². The van der Waals surface area contributed by atoms with E-state index in [1.54, 1.807) is 7.11 Å².